The number of hydrogen-bond acceptors (Lipinski definition) is 4. The van der Waals surface area contributed by atoms with Gasteiger partial charge in [0.1, 0.15) is 0 Å². The first-order valence-corrected chi connectivity index (χ1v) is 7.06. The van der Waals surface area contributed by atoms with E-state index in [-0.39, 0.29) is 0 Å². The van der Waals surface area contributed by atoms with Crippen molar-refractivity contribution in [1.82, 2.24) is 10.3 Å². The topological polar surface area (TPSA) is 24.9 Å². The van der Waals surface area contributed by atoms with Crippen LogP contribution in [0.4, 0.5) is 0 Å². The molecule has 0 bridgehead atoms. The third-order valence-corrected chi connectivity index (χ3v) is 3.58. The van der Waals surface area contributed by atoms with Crippen LogP contribution in [0.3, 0.4) is 0 Å². The molecule has 0 saturated carbocycles. The SMILES string of the molecule is CCSCCNCCc1csc(C)n1. The van der Waals surface area contributed by atoms with Gasteiger partial charge in [-0.05, 0) is 12.7 Å². The first-order valence-electron chi connectivity index (χ1n) is 5.02. The van der Waals surface area contributed by atoms with Gasteiger partial charge in [-0.2, -0.15) is 11.8 Å². The number of rotatable bonds is 7. The van der Waals surface area contributed by atoms with E-state index >= 15 is 0 Å². The van der Waals surface area contributed by atoms with Crippen LogP contribution < -0.4 is 5.32 Å². The summed E-state index contributed by atoms with van der Waals surface area (Å²) in [5.74, 6) is 2.43. The van der Waals surface area contributed by atoms with Crippen molar-refractivity contribution in [3.63, 3.8) is 0 Å². The maximum Gasteiger partial charge on any atom is 0.0897 e. The van der Waals surface area contributed by atoms with Crippen molar-refractivity contribution in [2.24, 2.45) is 0 Å². The highest BCUT2D eigenvalue weighted by atomic mass is 32.2. The summed E-state index contributed by atoms with van der Waals surface area (Å²) in [7, 11) is 0. The Hall–Kier alpha value is -0.0600. The Morgan fingerprint density at radius 3 is 3.00 bits per heavy atom. The molecule has 0 radical (unpaired) electrons. The fourth-order valence-corrected chi connectivity index (χ4v) is 2.38. The molecule has 2 nitrogen and oxygen atoms in total. The van der Waals surface area contributed by atoms with Crippen molar-refractivity contribution in [3.05, 3.63) is 16.1 Å². The lowest BCUT2D eigenvalue weighted by atomic mass is 10.3. The van der Waals surface area contributed by atoms with Crippen molar-refractivity contribution in [1.29, 1.82) is 0 Å². The molecule has 1 aromatic heterocycles. The van der Waals surface area contributed by atoms with Crippen LogP contribution in [-0.4, -0.2) is 29.6 Å². The number of nitrogens with zero attached hydrogens (tertiary/aromatic N) is 1. The smallest absolute Gasteiger partial charge is 0.0897 e. The van der Waals surface area contributed by atoms with Gasteiger partial charge < -0.3 is 5.32 Å². The lowest BCUT2D eigenvalue weighted by molar-refractivity contribution is 0.713. The Labute approximate surface area is 94.5 Å². The molecule has 14 heavy (non-hydrogen) atoms. The van der Waals surface area contributed by atoms with Crippen LogP contribution in [0.15, 0.2) is 5.38 Å². The second-order valence-electron chi connectivity index (χ2n) is 3.05. The zero-order valence-corrected chi connectivity index (χ0v) is 10.5. The van der Waals surface area contributed by atoms with Gasteiger partial charge in [0.25, 0.3) is 0 Å². The Bertz CT molecular complexity index is 248. The summed E-state index contributed by atoms with van der Waals surface area (Å²) < 4.78 is 0. The van der Waals surface area contributed by atoms with Gasteiger partial charge in [0, 0.05) is 30.6 Å². The largest absolute Gasteiger partial charge is 0.316 e. The molecule has 0 aliphatic heterocycles. The third-order valence-electron chi connectivity index (χ3n) is 1.85. The summed E-state index contributed by atoms with van der Waals surface area (Å²) in [6.07, 6.45) is 1.06. The van der Waals surface area contributed by atoms with E-state index in [0.717, 1.165) is 19.5 Å². The van der Waals surface area contributed by atoms with Crippen LogP contribution in [0.1, 0.15) is 17.6 Å². The Morgan fingerprint density at radius 2 is 2.36 bits per heavy atom. The molecule has 0 unspecified atom stereocenters. The second kappa shape index (κ2) is 7.26. The zero-order valence-electron chi connectivity index (χ0n) is 8.88. The number of nitrogens with one attached hydrogen (secondary N) is 1. The highest BCUT2D eigenvalue weighted by molar-refractivity contribution is 7.99. The van der Waals surface area contributed by atoms with Crippen LogP contribution in [-0.2, 0) is 6.42 Å². The molecule has 1 N–H and O–H groups in total. The van der Waals surface area contributed by atoms with E-state index in [1.165, 1.54) is 22.2 Å². The third kappa shape index (κ3) is 4.98. The predicted octanol–water partition coefficient (Wildman–Crippen LogP) is 2.34. The molecular formula is C10H18N2S2. The predicted molar refractivity (Wildman–Crippen MR) is 66.4 cm³/mol. The molecule has 0 atom stereocenters. The standard InChI is InChI=1S/C10H18N2S2/c1-3-13-7-6-11-5-4-10-8-14-9(2)12-10/h8,11H,3-7H2,1-2H3. The fourth-order valence-electron chi connectivity index (χ4n) is 1.15. The first kappa shape index (κ1) is 12.0. The fraction of sp³-hybridized carbons (Fsp3) is 0.700. The number of thioether (sulfide) groups is 1. The van der Waals surface area contributed by atoms with Crippen LogP contribution in [0, 0.1) is 6.92 Å². The van der Waals surface area contributed by atoms with Gasteiger partial charge in [0.15, 0.2) is 0 Å². The average Bonchev–Trinajstić information content (AvgIpc) is 2.58. The monoisotopic (exact) mass is 230 g/mol. The minimum Gasteiger partial charge on any atom is -0.316 e. The van der Waals surface area contributed by atoms with Crippen molar-refractivity contribution < 1.29 is 0 Å². The number of aryl methyl sites for hydroxylation is 1. The summed E-state index contributed by atoms with van der Waals surface area (Å²) in [5, 5.41) is 6.74. The molecule has 0 saturated heterocycles. The summed E-state index contributed by atoms with van der Waals surface area (Å²) in [5.41, 5.74) is 1.23. The molecule has 0 amide bonds. The highest BCUT2D eigenvalue weighted by Gasteiger charge is 1.96. The van der Waals surface area contributed by atoms with Crippen LogP contribution in [0.2, 0.25) is 0 Å². The van der Waals surface area contributed by atoms with Gasteiger partial charge in [-0.1, -0.05) is 6.92 Å². The van der Waals surface area contributed by atoms with E-state index in [2.05, 4.69) is 29.5 Å². The number of hydrogen-bond donors (Lipinski definition) is 1. The maximum atomic E-state index is 4.42. The van der Waals surface area contributed by atoms with E-state index in [1.54, 1.807) is 11.3 Å². The maximum absolute atomic E-state index is 4.42. The summed E-state index contributed by atoms with van der Waals surface area (Å²) in [6.45, 7) is 6.41. The summed E-state index contributed by atoms with van der Waals surface area (Å²) >= 11 is 3.72. The van der Waals surface area contributed by atoms with Gasteiger partial charge in [-0.25, -0.2) is 4.98 Å². The molecule has 1 rings (SSSR count). The van der Waals surface area contributed by atoms with Crippen LogP contribution in [0.25, 0.3) is 0 Å². The van der Waals surface area contributed by atoms with Crippen molar-refractivity contribution in [3.8, 4) is 0 Å². The highest BCUT2D eigenvalue weighted by Crippen LogP contribution is 2.07. The lowest BCUT2D eigenvalue weighted by Gasteiger charge is -2.01. The molecular weight excluding hydrogens is 212 g/mol. The lowest BCUT2D eigenvalue weighted by Crippen LogP contribution is -2.20. The second-order valence-corrected chi connectivity index (χ2v) is 5.51. The Balaban J connectivity index is 1.99. The van der Waals surface area contributed by atoms with Gasteiger partial charge in [0.05, 0.1) is 10.7 Å². The van der Waals surface area contributed by atoms with E-state index in [4.69, 9.17) is 0 Å². The van der Waals surface area contributed by atoms with Gasteiger partial charge in [0.2, 0.25) is 0 Å². The minimum absolute atomic E-state index is 1.05. The summed E-state index contributed by atoms with van der Waals surface area (Å²) in [6, 6.07) is 0. The summed E-state index contributed by atoms with van der Waals surface area (Å²) in [4.78, 5) is 4.42. The van der Waals surface area contributed by atoms with Crippen molar-refractivity contribution in [2.75, 3.05) is 24.6 Å². The molecule has 80 valence electrons. The van der Waals surface area contributed by atoms with Gasteiger partial charge >= 0.3 is 0 Å². The molecule has 0 spiro atoms. The molecule has 1 heterocycles. The van der Waals surface area contributed by atoms with Gasteiger partial charge in [-0.3, -0.25) is 0 Å². The van der Waals surface area contributed by atoms with E-state index in [1.807, 2.05) is 11.8 Å². The zero-order chi connectivity index (χ0) is 10.2. The average molecular weight is 230 g/mol. The molecule has 0 aliphatic carbocycles. The van der Waals surface area contributed by atoms with Crippen LogP contribution >= 0.6 is 23.1 Å². The molecule has 0 aliphatic rings. The molecule has 0 fully saturated rings. The van der Waals surface area contributed by atoms with Gasteiger partial charge in [-0.15, -0.1) is 11.3 Å². The van der Waals surface area contributed by atoms with E-state index in [9.17, 15) is 0 Å². The van der Waals surface area contributed by atoms with Crippen molar-refractivity contribution >= 4 is 23.1 Å². The first-order chi connectivity index (χ1) is 6.83. The van der Waals surface area contributed by atoms with E-state index < -0.39 is 0 Å². The number of aromatic nitrogens is 1. The normalized spacial score (nSPS) is 10.7. The molecule has 1 aromatic rings. The Kier molecular flexibility index (Phi) is 6.23. The Morgan fingerprint density at radius 1 is 1.50 bits per heavy atom. The van der Waals surface area contributed by atoms with Crippen LogP contribution in [0.5, 0.6) is 0 Å². The minimum atomic E-state index is 1.05. The number of thiazole rings is 1. The van der Waals surface area contributed by atoms with Crippen molar-refractivity contribution in [2.45, 2.75) is 20.3 Å². The molecule has 0 aromatic carbocycles. The molecule has 4 heteroatoms. The van der Waals surface area contributed by atoms with E-state index in [0.29, 0.717) is 0 Å². The quantitative estimate of drug-likeness (QED) is 0.728.